The van der Waals surface area contributed by atoms with Gasteiger partial charge in [-0.15, -0.1) is 0 Å². The maximum atomic E-state index is 11.5. The molecular weight excluding hydrogens is 184 g/mol. The molecule has 0 aromatic heterocycles. The summed E-state index contributed by atoms with van der Waals surface area (Å²) in [4.78, 5) is 21.7. The lowest BCUT2D eigenvalue weighted by Crippen LogP contribution is -2.30. The molecule has 0 bridgehead atoms. The molecule has 0 aromatic rings. The molecular formula is C10H14O4. The fourth-order valence-corrected chi connectivity index (χ4v) is 1.48. The molecule has 4 nitrogen and oxygen atoms in total. The average molecular weight is 198 g/mol. The summed E-state index contributed by atoms with van der Waals surface area (Å²) >= 11 is 0. The van der Waals surface area contributed by atoms with Gasteiger partial charge in [0.05, 0.1) is 5.41 Å². The van der Waals surface area contributed by atoms with Crippen LogP contribution in [0.1, 0.15) is 26.2 Å². The Bertz CT molecular complexity index is 269. The average Bonchev–Trinajstić information content (AvgIpc) is 2.15. The minimum Gasteiger partial charge on any atom is -0.479 e. The van der Waals surface area contributed by atoms with Gasteiger partial charge in [-0.3, -0.25) is 4.79 Å². The summed E-state index contributed by atoms with van der Waals surface area (Å²) in [6, 6.07) is 0. The first-order valence-corrected chi connectivity index (χ1v) is 4.61. The molecule has 0 amide bonds. The topological polar surface area (TPSA) is 63.6 Å². The molecule has 1 atom stereocenters. The summed E-state index contributed by atoms with van der Waals surface area (Å²) < 4.78 is 4.66. The predicted octanol–water partition coefficient (Wildman–Crippen LogP) is 1.36. The van der Waals surface area contributed by atoms with E-state index in [1.807, 2.05) is 6.08 Å². The molecule has 0 aromatic carbocycles. The first-order chi connectivity index (χ1) is 6.54. The van der Waals surface area contributed by atoms with E-state index in [9.17, 15) is 9.59 Å². The van der Waals surface area contributed by atoms with E-state index >= 15 is 0 Å². The molecule has 1 aliphatic carbocycles. The highest BCUT2D eigenvalue weighted by Gasteiger charge is 2.33. The van der Waals surface area contributed by atoms with E-state index in [-0.39, 0.29) is 0 Å². The summed E-state index contributed by atoms with van der Waals surface area (Å²) in [6.45, 7) is 1.22. The van der Waals surface area contributed by atoms with E-state index in [4.69, 9.17) is 5.11 Å². The first-order valence-electron chi connectivity index (χ1n) is 4.61. The third-order valence-corrected chi connectivity index (χ3v) is 2.35. The number of hydrogen-bond acceptors (Lipinski definition) is 3. The van der Waals surface area contributed by atoms with Gasteiger partial charge in [0, 0.05) is 0 Å². The van der Waals surface area contributed by atoms with Crippen molar-refractivity contribution in [2.75, 3.05) is 6.61 Å². The molecule has 1 rings (SSSR count). The molecule has 14 heavy (non-hydrogen) atoms. The summed E-state index contributed by atoms with van der Waals surface area (Å²) in [6.07, 6.45) is 6.38. The van der Waals surface area contributed by atoms with Gasteiger partial charge in [0.15, 0.2) is 6.61 Å². The third kappa shape index (κ3) is 2.58. The lowest BCUT2D eigenvalue weighted by Gasteiger charge is -2.25. The highest BCUT2D eigenvalue weighted by molar-refractivity contribution is 5.81. The molecule has 0 saturated carbocycles. The van der Waals surface area contributed by atoms with Crippen LogP contribution in [0.5, 0.6) is 0 Å². The molecule has 0 radical (unpaired) electrons. The second-order valence-corrected chi connectivity index (χ2v) is 3.68. The van der Waals surface area contributed by atoms with E-state index in [2.05, 4.69) is 4.74 Å². The number of allylic oxidation sites excluding steroid dienone is 1. The lowest BCUT2D eigenvalue weighted by atomic mass is 9.81. The van der Waals surface area contributed by atoms with Crippen molar-refractivity contribution < 1.29 is 19.4 Å². The zero-order chi connectivity index (χ0) is 10.6. The molecule has 0 unspecified atom stereocenters. The smallest absolute Gasteiger partial charge is 0.341 e. The van der Waals surface area contributed by atoms with Crippen LogP contribution in [-0.2, 0) is 14.3 Å². The fraction of sp³-hybridized carbons (Fsp3) is 0.600. The van der Waals surface area contributed by atoms with E-state index in [1.54, 1.807) is 13.0 Å². The van der Waals surface area contributed by atoms with Gasteiger partial charge in [0.2, 0.25) is 0 Å². The van der Waals surface area contributed by atoms with Crippen LogP contribution in [0.4, 0.5) is 0 Å². The number of esters is 1. The number of aliphatic carboxylic acids is 1. The van der Waals surface area contributed by atoms with E-state index < -0.39 is 24.0 Å². The zero-order valence-corrected chi connectivity index (χ0v) is 8.16. The van der Waals surface area contributed by atoms with Crippen LogP contribution in [0.25, 0.3) is 0 Å². The minimum absolute atomic E-state index is 0.448. The highest BCUT2D eigenvalue weighted by Crippen LogP contribution is 2.31. The number of carboxylic acid groups (broad SMARTS) is 1. The van der Waals surface area contributed by atoms with E-state index in [1.165, 1.54) is 0 Å². The molecule has 1 aliphatic rings. The van der Waals surface area contributed by atoms with Gasteiger partial charge >= 0.3 is 11.9 Å². The number of carboxylic acids is 1. The van der Waals surface area contributed by atoms with Crippen LogP contribution in [0.3, 0.4) is 0 Å². The van der Waals surface area contributed by atoms with Gasteiger partial charge in [-0.1, -0.05) is 12.2 Å². The Morgan fingerprint density at radius 1 is 1.57 bits per heavy atom. The summed E-state index contributed by atoms with van der Waals surface area (Å²) in [5.74, 6) is -1.57. The van der Waals surface area contributed by atoms with Crippen molar-refractivity contribution in [2.24, 2.45) is 5.41 Å². The SMILES string of the molecule is C[C@]1(C(=O)OCC(=O)O)C=CCCC1. The largest absolute Gasteiger partial charge is 0.479 e. The fourth-order valence-electron chi connectivity index (χ4n) is 1.48. The second-order valence-electron chi connectivity index (χ2n) is 3.68. The van der Waals surface area contributed by atoms with Gasteiger partial charge < -0.3 is 9.84 Å². The summed E-state index contributed by atoms with van der Waals surface area (Å²) in [7, 11) is 0. The van der Waals surface area contributed by atoms with Crippen LogP contribution in [-0.4, -0.2) is 23.7 Å². The van der Waals surface area contributed by atoms with Gasteiger partial charge in [-0.05, 0) is 26.2 Å². The van der Waals surface area contributed by atoms with E-state index in [0.29, 0.717) is 0 Å². The molecule has 1 N–H and O–H groups in total. The van der Waals surface area contributed by atoms with Crippen molar-refractivity contribution in [1.82, 2.24) is 0 Å². The Morgan fingerprint density at radius 2 is 2.29 bits per heavy atom. The van der Waals surface area contributed by atoms with Gasteiger partial charge in [-0.25, -0.2) is 4.79 Å². The quantitative estimate of drug-likeness (QED) is 0.549. The zero-order valence-electron chi connectivity index (χ0n) is 8.16. The van der Waals surface area contributed by atoms with Gasteiger partial charge in [0.1, 0.15) is 0 Å². The Kier molecular flexibility index (Phi) is 3.28. The van der Waals surface area contributed by atoms with E-state index in [0.717, 1.165) is 19.3 Å². The monoisotopic (exact) mass is 198 g/mol. The Morgan fingerprint density at radius 3 is 2.79 bits per heavy atom. The molecule has 4 heteroatoms. The van der Waals surface area contributed by atoms with Crippen molar-refractivity contribution >= 4 is 11.9 Å². The Balaban J connectivity index is 2.54. The molecule has 78 valence electrons. The van der Waals surface area contributed by atoms with Crippen molar-refractivity contribution in [3.05, 3.63) is 12.2 Å². The number of ether oxygens (including phenoxy) is 1. The first kappa shape index (κ1) is 10.8. The van der Waals surface area contributed by atoms with Gasteiger partial charge in [-0.2, -0.15) is 0 Å². The second kappa shape index (κ2) is 4.26. The maximum Gasteiger partial charge on any atom is 0.341 e. The van der Waals surface area contributed by atoms with Crippen molar-refractivity contribution in [3.63, 3.8) is 0 Å². The van der Waals surface area contributed by atoms with Crippen LogP contribution in [0, 0.1) is 5.41 Å². The third-order valence-electron chi connectivity index (χ3n) is 2.35. The predicted molar refractivity (Wildman–Crippen MR) is 49.7 cm³/mol. The van der Waals surface area contributed by atoms with Crippen LogP contribution in [0.2, 0.25) is 0 Å². The molecule has 0 spiro atoms. The van der Waals surface area contributed by atoms with Crippen molar-refractivity contribution in [1.29, 1.82) is 0 Å². The maximum absolute atomic E-state index is 11.5. The summed E-state index contributed by atoms with van der Waals surface area (Å²) in [5.41, 5.74) is -0.631. The summed E-state index contributed by atoms with van der Waals surface area (Å²) in [5, 5.41) is 8.35. The van der Waals surface area contributed by atoms with Crippen LogP contribution < -0.4 is 0 Å². The minimum atomic E-state index is -1.12. The molecule has 0 aliphatic heterocycles. The highest BCUT2D eigenvalue weighted by atomic mass is 16.6. The Labute approximate surface area is 82.6 Å². The molecule has 0 fully saturated rings. The number of carbonyl (C=O) groups excluding carboxylic acids is 1. The molecule has 0 saturated heterocycles. The van der Waals surface area contributed by atoms with Crippen molar-refractivity contribution in [3.8, 4) is 0 Å². The lowest BCUT2D eigenvalue weighted by molar-refractivity contribution is -0.161. The van der Waals surface area contributed by atoms with Gasteiger partial charge in [0.25, 0.3) is 0 Å². The normalized spacial score (nSPS) is 25.8. The van der Waals surface area contributed by atoms with Crippen LogP contribution >= 0.6 is 0 Å². The number of hydrogen-bond donors (Lipinski definition) is 1. The number of carbonyl (C=O) groups is 2. The molecule has 0 heterocycles. The van der Waals surface area contributed by atoms with Crippen LogP contribution in [0.15, 0.2) is 12.2 Å². The van der Waals surface area contributed by atoms with Crippen molar-refractivity contribution in [2.45, 2.75) is 26.2 Å². The Hall–Kier alpha value is -1.32. The number of rotatable bonds is 3. The standard InChI is InChI=1S/C10H14O4/c1-10(5-3-2-4-6-10)9(13)14-7-8(11)12/h3,5H,2,4,6-7H2,1H3,(H,11,12)/t10-/m0/s1.